The van der Waals surface area contributed by atoms with Crippen molar-refractivity contribution in [3.8, 4) is 0 Å². The van der Waals surface area contributed by atoms with Gasteiger partial charge in [0.05, 0.1) is 22.5 Å². The van der Waals surface area contributed by atoms with Crippen molar-refractivity contribution < 1.29 is 40.7 Å². The first-order valence-corrected chi connectivity index (χ1v) is 18.1. The second-order valence-corrected chi connectivity index (χ2v) is 14.3. The van der Waals surface area contributed by atoms with Crippen molar-refractivity contribution >= 4 is 40.7 Å². The zero-order chi connectivity index (χ0) is 36.5. The van der Waals surface area contributed by atoms with Crippen molar-refractivity contribution in [1.29, 1.82) is 0 Å². The van der Waals surface area contributed by atoms with Crippen molar-refractivity contribution in [3.05, 3.63) is 45.1 Å². The number of carbonyl (C=O) groups excluding carboxylic acids is 3. The number of nitrogens with two attached hydrogens (primary N) is 1. The second-order valence-electron chi connectivity index (χ2n) is 13.6. The number of carbonyl (C=O) groups is 3. The quantitative estimate of drug-likeness (QED) is 0.256. The predicted octanol–water partition coefficient (Wildman–Crippen LogP) is 4.44. The highest BCUT2D eigenvalue weighted by Gasteiger charge is 2.42. The number of rotatable bonds is 6. The molecule has 1 aromatic heterocycles. The summed E-state index contributed by atoms with van der Waals surface area (Å²) >= 11 is 1.51. The average molecular weight is 745 g/mol. The molecule has 1 aromatic carbocycles. The number of piperazine rings is 1. The molecule has 11 nitrogen and oxygen atoms in total. The number of likely N-dealkylation sites (tertiary alicyclic amines) is 1. The van der Waals surface area contributed by atoms with Gasteiger partial charge in [-0.2, -0.15) is 26.3 Å². The largest absolute Gasteiger partial charge is 0.418 e. The molecule has 3 fully saturated rings. The zero-order valence-corrected chi connectivity index (χ0v) is 28.7. The van der Waals surface area contributed by atoms with E-state index in [1.807, 2.05) is 10.8 Å². The summed E-state index contributed by atoms with van der Waals surface area (Å²) in [6, 6.07) is -1.09. The van der Waals surface area contributed by atoms with Gasteiger partial charge < -0.3 is 36.4 Å². The van der Waals surface area contributed by atoms with E-state index in [2.05, 4.69) is 20.9 Å². The van der Waals surface area contributed by atoms with Crippen LogP contribution in [0.15, 0.2) is 22.9 Å². The molecule has 1 atom stereocenters. The number of nitrogens with zero attached hydrogens (tertiary/aromatic N) is 4. The normalized spacial score (nSPS) is 20.8. The summed E-state index contributed by atoms with van der Waals surface area (Å²) in [5.41, 5.74) is 2.01. The number of urea groups is 2. The molecule has 5 heterocycles. The fourth-order valence-corrected chi connectivity index (χ4v) is 8.38. The smallest absolute Gasteiger partial charge is 0.398 e. The molecule has 2 aromatic rings. The lowest BCUT2D eigenvalue weighted by Crippen LogP contribution is -2.59. The second kappa shape index (κ2) is 15.1. The third kappa shape index (κ3) is 8.49. The lowest BCUT2D eigenvalue weighted by molar-refractivity contribution is -0.141. The van der Waals surface area contributed by atoms with E-state index in [0.29, 0.717) is 70.2 Å². The Hall–Kier alpha value is -3.77. The summed E-state index contributed by atoms with van der Waals surface area (Å²) in [6.45, 7) is 4.46. The van der Waals surface area contributed by atoms with Gasteiger partial charge in [-0.15, -0.1) is 11.3 Å². The Balaban J connectivity index is 1.17. The maximum atomic E-state index is 14.0. The van der Waals surface area contributed by atoms with Crippen LogP contribution in [0.2, 0.25) is 0 Å². The van der Waals surface area contributed by atoms with Gasteiger partial charge >= 0.3 is 24.4 Å². The molecule has 0 radical (unpaired) electrons. The highest BCUT2D eigenvalue weighted by molar-refractivity contribution is 7.08. The number of anilines is 2. The average Bonchev–Trinajstić information content (AvgIpc) is 3.47. The first-order chi connectivity index (χ1) is 24.2. The van der Waals surface area contributed by atoms with Crippen LogP contribution in [0.4, 0.5) is 47.3 Å². The van der Waals surface area contributed by atoms with E-state index >= 15 is 0 Å². The van der Waals surface area contributed by atoms with Crippen LogP contribution in [0.1, 0.15) is 47.9 Å². The Kier molecular flexibility index (Phi) is 10.9. The van der Waals surface area contributed by atoms with Crippen LogP contribution in [-0.4, -0.2) is 115 Å². The first-order valence-electron chi connectivity index (χ1n) is 17.2. The number of hydrogen-bond donors (Lipinski definition) is 4. The lowest BCUT2D eigenvalue weighted by Gasteiger charge is -2.42. The summed E-state index contributed by atoms with van der Waals surface area (Å²) in [6.07, 6.45) is -7.48. The standard InChI is InChI=1S/C33H42F6N8O3S/c34-32(35,36)24-15-20(16-25(28(24)40)33(37,38)39)17-26(29(48)45-13-11-44(12-14-45)22-1-6-41-7-2-22)42-30(49)46-8-4-23(5-9-46)47-10-3-21-18-51-19-27(21)43-31(47)50/h15-16,18-19,22-23,26,41H,1-14,17,40H2,(H,42,49)(H,43,50)/t26-/m1/s1. The summed E-state index contributed by atoms with van der Waals surface area (Å²) in [5.74, 6) is -0.587. The first kappa shape index (κ1) is 37.0. The molecule has 280 valence electrons. The number of halogens is 6. The van der Waals surface area contributed by atoms with E-state index in [1.165, 1.54) is 21.1 Å². The van der Waals surface area contributed by atoms with E-state index in [4.69, 9.17) is 5.73 Å². The van der Waals surface area contributed by atoms with Gasteiger partial charge in [0, 0.05) is 69.7 Å². The van der Waals surface area contributed by atoms with Crippen molar-refractivity contribution in [2.75, 3.05) is 70.0 Å². The number of hydrogen-bond acceptors (Lipinski definition) is 7. The number of amides is 5. The molecule has 6 rings (SSSR count). The van der Waals surface area contributed by atoms with Crippen molar-refractivity contribution in [3.63, 3.8) is 0 Å². The van der Waals surface area contributed by atoms with Crippen LogP contribution in [-0.2, 0) is 30.0 Å². The Morgan fingerprint density at radius 1 is 0.863 bits per heavy atom. The number of piperidine rings is 2. The molecule has 18 heteroatoms. The summed E-state index contributed by atoms with van der Waals surface area (Å²) in [4.78, 5) is 47.6. The zero-order valence-electron chi connectivity index (χ0n) is 27.9. The van der Waals surface area contributed by atoms with E-state index in [9.17, 15) is 40.7 Å². The third-order valence-electron chi connectivity index (χ3n) is 10.4. The van der Waals surface area contributed by atoms with Gasteiger partial charge in [0.15, 0.2) is 0 Å². The topological polar surface area (TPSA) is 126 Å². The number of nitrogen functional groups attached to an aromatic ring is 1. The van der Waals surface area contributed by atoms with Gasteiger partial charge in [-0.1, -0.05) is 0 Å². The molecule has 3 saturated heterocycles. The van der Waals surface area contributed by atoms with Gasteiger partial charge in [0.2, 0.25) is 5.91 Å². The van der Waals surface area contributed by atoms with Gasteiger partial charge in [0.1, 0.15) is 6.04 Å². The lowest BCUT2D eigenvalue weighted by atomic mass is 9.96. The molecule has 4 aliphatic heterocycles. The van der Waals surface area contributed by atoms with Gasteiger partial charge in [0.25, 0.3) is 0 Å². The fourth-order valence-electron chi connectivity index (χ4n) is 7.56. The molecule has 0 saturated carbocycles. The summed E-state index contributed by atoms with van der Waals surface area (Å²) in [7, 11) is 0. The highest BCUT2D eigenvalue weighted by Crippen LogP contribution is 2.42. The van der Waals surface area contributed by atoms with Crippen molar-refractivity contribution in [2.45, 2.75) is 69.0 Å². The fraction of sp³-hybridized carbons (Fsp3) is 0.606. The maximum Gasteiger partial charge on any atom is 0.418 e. The Morgan fingerprint density at radius 2 is 1.49 bits per heavy atom. The van der Waals surface area contributed by atoms with Crippen LogP contribution in [0.3, 0.4) is 0 Å². The third-order valence-corrected chi connectivity index (χ3v) is 11.2. The molecule has 4 aliphatic rings. The molecule has 0 unspecified atom stereocenters. The molecule has 0 aliphatic carbocycles. The monoisotopic (exact) mass is 744 g/mol. The SMILES string of the molecule is Nc1c(C(F)(F)F)cc(C[C@@H](NC(=O)N2CCC(N3CCc4cscc4NC3=O)CC2)C(=O)N2CCN(C3CCNCC3)CC2)cc1C(F)(F)F. The Bertz CT molecular complexity index is 1550. The van der Waals surface area contributed by atoms with E-state index in [-0.39, 0.29) is 25.2 Å². The number of fused-ring (bicyclic) bond motifs is 1. The number of nitrogens with one attached hydrogen (secondary N) is 3. The Morgan fingerprint density at radius 3 is 2.10 bits per heavy atom. The minimum absolute atomic E-state index is 0.147. The molecule has 5 amide bonds. The maximum absolute atomic E-state index is 14.0. The minimum Gasteiger partial charge on any atom is -0.398 e. The van der Waals surface area contributed by atoms with Gasteiger partial charge in [-0.25, -0.2) is 9.59 Å². The highest BCUT2D eigenvalue weighted by atomic mass is 32.1. The molecule has 0 spiro atoms. The number of alkyl halides is 6. The van der Waals surface area contributed by atoms with Crippen LogP contribution < -0.4 is 21.7 Å². The number of benzene rings is 1. The number of thiophene rings is 1. The van der Waals surface area contributed by atoms with E-state index < -0.39 is 59.1 Å². The molecule has 5 N–H and O–H groups in total. The van der Waals surface area contributed by atoms with E-state index in [0.717, 1.165) is 37.2 Å². The predicted molar refractivity (Wildman–Crippen MR) is 179 cm³/mol. The van der Waals surface area contributed by atoms with Crippen molar-refractivity contribution in [1.82, 2.24) is 30.2 Å². The summed E-state index contributed by atoms with van der Waals surface area (Å²) < 4.78 is 83.1. The van der Waals surface area contributed by atoms with Gasteiger partial charge in [-0.3, -0.25) is 9.69 Å². The molecule has 0 bridgehead atoms. The summed E-state index contributed by atoms with van der Waals surface area (Å²) in [5, 5.41) is 12.8. The van der Waals surface area contributed by atoms with Crippen LogP contribution in [0, 0.1) is 0 Å². The molecular weight excluding hydrogens is 702 g/mol. The Labute approximate surface area is 295 Å². The van der Waals surface area contributed by atoms with Gasteiger partial charge in [-0.05, 0) is 73.8 Å². The van der Waals surface area contributed by atoms with Crippen LogP contribution in [0.25, 0.3) is 0 Å². The molecular formula is C33H42F6N8O3S. The van der Waals surface area contributed by atoms with Crippen LogP contribution >= 0.6 is 11.3 Å². The van der Waals surface area contributed by atoms with E-state index in [1.54, 1.807) is 4.90 Å². The molecule has 51 heavy (non-hydrogen) atoms. The van der Waals surface area contributed by atoms with Crippen molar-refractivity contribution in [2.24, 2.45) is 0 Å². The van der Waals surface area contributed by atoms with Crippen LogP contribution in [0.5, 0.6) is 0 Å². The minimum atomic E-state index is -5.19.